The Bertz CT molecular complexity index is 1440. The van der Waals surface area contributed by atoms with Gasteiger partial charge in [0.25, 0.3) is 0 Å². The van der Waals surface area contributed by atoms with Crippen LogP contribution in [-0.4, -0.2) is 74.0 Å². The van der Waals surface area contributed by atoms with Gasteiger partial charge in [-0.05, 0) is 57.5 Å². The highest BCUT2D eigenvalue weighted by Crippen LogP contribution is 2.57. The van der Waals surface area contributed by atoms with Crippen LogP contribution >= 0.6 is 0 Å². The number of aryl methyl sites for hydroxylation is 2. The molecule has 0 spiro atoms. The van der Waals surface area contributed by atoms with Crippen molar-refractivity contribution in [2.24, 2.45) is 17.6 Å². The van der Waals surface area contributed by atoms with Gasteiger partial charge in [0.1, 0.15) is 22.9 Å². The van der Waals surface area contributed by atoms with Gasteiger partial charge in [-0.1, -0.05) is 41.5 Å². The standard InChI is InChI=1S/C30H34N2O7/c1-13-8-14(2)10-15(9-13)11-17-16-6-5-7-19(33)20(16)26(35)22-21(17)27(36)23-24(32(3)4)25(34)18(29(31)38)12-30(23,39)28(22)37/h5-10,17,21,23-24,27,33-36,39H,11-12H2,1-4H3,(H2,31,38). The third kappa shape index (κ3) is 3.95. The number of benzene rings is 2. The molecule has 9 heteroatoms. The molecule has 1 fully saturated rings. The summed E-state index contributed by atoms with van der Waals surface area (Å²) in [7, 11) is 3.21. The van der Waals surface area contributed by atoms with Crippen molar-refractivity contribution >= 4 is 17.4 Å². The van der Waals surface area contributed by atoms with Gasteiger partial charge in [-0.15, -0.1) is 0 Å². The van der Waals surface area contributed by atoms with Gasteiger partial charge in [0, 0.05) is 23.8 Å². The maximum atomic E-state index is 14.2. The number of nitrogens with two attached hydrogens (primary N) is 1. The molecular formula is C30H34N2O7. The molecule has 3 aliphatic carbocycles. The SMILES string of the molecule is Cc1cc(C)cc(CC2c3cccc(O)c3C(O)=C3C(=O)C4(O)CC(C(N)=O)=C(O)C(N(C)C)C4C(O)C32)c1. The summed E-state index contributed by atoms with van der Waals surface area (Å²) in [5.74, 6) is -5.76. The van der Waals surface area contributed by atoms with Crippen LogP contribution in [0.4, 0.5) is 0 Å². The van der Waals surface area contributed by atoms with E-state index in [0.717, 1.165) is 16.7 Å². The quantitative estimate of drug-likeness (QED) is 0.347. The monoisotopic (exact) mass is 534 g/mol. The Morgan fingerprint density at radius 3 is 2.33 bits per heavy atom. The highest BCUT2D eigenvalue weighted by atomic mass is 16.3. The molecule has 0 aliphatic heterocycles. The van der Waals surface area contributed by atoms with Crippen molar-refractivity contribution < 1.29 is 35.1 Å². The van der Waals surface area contributed by atoms with Gasteiger partial charge in [0.05, 0.1) is 23.3 Å². The van der Waals surface area contributed by atoms with Gasteiger partial charge in [0.15, 0.2) is 5.78 Å². The molecule has 5 rings (SSSR count). The number of hydrogen-bond acceptors (Lipinski definition) is 8. The fourth-order valence-electron chi connectivity index (χ4n) is 7.18. The lowest BCUT2D eigenvalue weighted by Crippen LogP contribution is -2.68. The average molecular weight is 535 g/mol. The second-order valence-corrected chi connectivity index (χ2v) is 11.4. The van der Waals surface area contributed by atoms with Crippen LogP contribution in [0.25, 0.3) is 5.76 Å². The van der Waals surface area contributed by atoms with Gasteiger partial charge in [-0.2, -0.15) is 0 Å². The second-order valence-electron chi connectivity index (χ2n) is 11.4. The summed E-state index contributed by atoms with van der Waals surface area (Å²) < 4.78 is 0. The van der Waals surface area contributed by atoms with E-state index in [9.17, 15) is 35.1 Å². The van der Waals surface area contributed by atoms with Gasteiger partial charge in [-0.3, -0.25) is 14.5 Å². The third-order valence-electron chi connectivity index (χ3n) is 8.62. The molecule has 0 bridgehead atoms. The lowest BCUT2D eigenvalue weighted by atomic mass is 9.53. The molecular weight excluding hydrogens is 500 g/mol. The van der Waals surface area contributed by atoms with Gasteiger partial charge in [-0.25, -0.2) is 0 Å². The molecule has 39 heavy (non-hydrogen) atoms. The molecule has 206 valence electrons. The highest BCUT2D eigenvalue weighted by molar-refractivity contribution is 6.11. The van der Waals surface area contributed by atoms with E-state index < -0.39 is 65.1 Å². The van der Waals surface area contributed by atoms with Gasteiger partial charge < -0.3 is 31.3 Å². The molecule has 6 atom stereocenters. The van der Waals surface area contributed by atoms with Crippen LogP contribution in [0.1, 0.15) is 40.2 Å². The number of phenols is 1. The first-order valence-electron chi connectivity index (χ1n) is 12.9. The minimum absolute atomic E-state index is 0.0780. The predicted molar refractivity (Wildman–Crippen MR) is 144 cm³/mol. The topological polar surface area (TPSA) is 165 Å². The Labute approximate surface area is 226 Å². The first-order chi connectivity index (χ1) is 18.3. The zero-order valence-corrected chi connectivity index (χ0v) is 22.3. The minimum Gasteiger partial charge on any atom is -0.510 e. The van der Waals surface area contributed by atoms with E-state index >= 15 is 0 Å². The fourth-order valence-corrected chi connectivity index (χ4v) is 7.18. The Morgan fingerprint density at radius 2 is 1.74 bits per heavy atom. The van der Waals surface area contributed by atoms with E-state index in [2.05, 4.69) is 0 Å². The minimum atomic E-state index is -2.34. The van der Waals surface area contributed by atoms with Gasteiger partial charge >= 0.3 is 0 Å². The number of hydrogen-bond donors (Lipinski definition) is 6. The van der Waals surface area contributed by atoms with E-state index in [-0.39, 0.29) is 22.5 Å². The van der Waals surface area contributed by atoms with E-state index in [4.69, 9.17) is 5.73 Å². The molecule has 9 nitrogen and oxygen atoms in total. The number of carbonyl (C=O) groups is 2. The molecule has 3 aliphatic rings. The zero-order chi connectivity index (χ0) is 28.5. The van der Waals surface area contributed by atoms with Crippen LogP contribution in [0, 0.1) is 25.7 Å². The number of aliphatic hydroxyl groups excluding tert-OH is 3. The summed E-state index contributed by atoms with van der Waals surface area (Å²) in [4.78, 5) is 27.9. The molecule has 7 N–H and O–H groups in total. The van der Waals surface area contributed by atoms with E-state index in [1.165, 1.54) is 11.0 Å². The number of rotatable bonds is 4. The number of phenolic OH excluding ortho intramolecular Hbond substituents is 1. The van der Waals surface area contributed by atoms with E-state index in [1.807, 2.05) is 32.0 Å². The molecule has 2 aromatic carbocycles. The van der Waals surface area contributed by atoms with Crippen LogP contribution in [0.2, 0.25) is 0 Å². The molecule has 0 saturated heterocycles. The normalized spacial score (nSPS) is 30.2. The van der Waals surface area contributed by atoms with E-state index in [0.29, 0.717) is 12.0 Å². The smallest absolute Gasteiger partial charge is 0.248 e. The summed E-state index contributed by atoms with van der Waals surface area (Å²) in [5.41, 5.74) is 6.32. The van der Waals surface area contributed by atoms with Crippen molar-refractivity contribution in [1.82, 2.24) is 4.90 Å². The van der Waals surface area contributed by atoms with Crippen molar-refractivity contribution in [2.45, 2.75) is 50.4 Å². The lowest BCUT2D eigenvalue weighted by Gasteiger charge is -2.55. The third-order valence-corrected chi connectivity index (χ3v) is 8.62. The zero-order valence-electron chi connectivity index (χ0n) is 22.3. The first kappa shape index (κ1) is 26.9. The summed E-state index contributed by atoms with van der Waals surface area (Å²) >= 11 is 0. The summed E-state index contributed by atoms with van der Waals surface area (Å²) in [6.07, 6.45) is -1.66. The summed E-state index contributed by atoms with van der Waals surface area (Å²) in [6.45, 7) is 3.95. The molecule has 0 heterocycles. The van der Waals surface area contributed by atoms with Crippen LogP contribution in [0.3, 0.4) is 0 Å². The Morgan fingerprint density at radius 1 is 1.10 bits per heavy atom. The average Bonchev–Trinajstić information content (AvgIpc) is 2.83. The van der Waals surface area contributed by atoms with Crippen molar-refractivity contribution in [2.75, 3.05) is 14.1 Å². The molecule has 0 aromatic heterocycles. The number of nitrogens with zero attached hydrogens (tertiary/aromatic N) is 1. The van der Waals surface area contributed by atoms with Crippen LogP contribution in [-0.2, 0) is 16.0 Å². The van der Waals surface area contributed by atoms with E-state index in [1.54, 1.807) is 26.2 Å². The first-order valence-corrected chi connectivity index (χ1v) is 12.9. The molecule has 6 unspecified atom stereocenters. The predicted octanol–water partition coefficient (Wildman–Crippen LogP) is 2.16. The van der Waals surface area contributed by atoms with Crippen molar-refractivity contribution in [1.29, 1.82) is 0 Å². The maximum Gasteiger partial charge on any atom is 0.248 e. The number of primary amides is 1. The van der Waals surface area contributed by atoms with Crippen molar-refractivity contribution in [3.8, 4) is 5.75 Å². The molecule has 1 saturated carbocycles. The number of carbonyl (C=O) groups excluding carboxylic acids is 2. The number of Topliss-reactive ketones (excluding diaryl/α,β-unsaturated/α-hetero) is 1. The Hall–Kier alpha value is -3.66. The molecule has 2 aromatic rings. The molecule has 0 radical (unpaired) electrons. The van der Waals surface area contributed by atoms with Crippen molar-refractivity contribution in [3.63, 3.8) is 0 Å². The van der Waals surface area contributed by atoms with Crippen LogP contribution < -0.4 is 5.73 Å². The number of likely N-dealkylation sites (N-methyl/N-ethyl adjacent to an activating group) is 1. The number of aliphatic hydroxyl groups is 4. The van der Waals surface area contributed by atoms with Gasteiger partial charge in [0.2, 0.25) is 5.91 Å². The Balaban J connectivity index is 1.76. The molecule has 1 amide bonds. The van der Waals surface area contributed by atoms with Crippen LogP contribution in [0.15, 0.2) is 53.3 Å². The number of amides is 1. The summed E-state index contributed by atoms with van der Waals surface area (Å²) in [5, 5.41) is 57.2. The van der Waals surface area contributed by atoms with Crippen LogP contribution in [0.5, 0.6) is 5.75 Å². The lowest BCUT2D eigenvalue weighted by molar-refractivity contribution is -0.168. The number of aromatic hydroxyl groups is 1. The van der Waals surface area contributed by atoms with Crippen molar-refractivity contribution in [3.05, 3.63) is 81.1 Å². The number of ketones is 1. The number of fused-ring (bicyclic) bond motifs is 3. The second kappa shape index (κ2) is 9.22. The fraction of sp³-hybridized carbons (Fsp3) is 0.400. The highest BCUT2D eigenvalue weighted by Gasteiger charge is 2.65. The summed E-state index contributed by atoms with van der Waals surface area (Å²) in [6, 6.07) is 9.76. The largest absolute Gasteiger partial charge is 0.510 e. The Kier molecular flexibility index (Phi) is 6.37. The maximum absolute atomic E-state index is 14.2.